The van der Waals surface area contributed by atoms with Crippen molar-refractivity contribution in [2.45, 2.75) is 6.54 Å². The second kappa shape index (κ2) is 6.74. The highest BCUT2D eigenvalue weighted by Gasteiger charge is 2.12. The Morgan fingerprint density at radius 2 is 1.96 bits per heavy atom. The second-order valence-corrected chi connectivity index (χ2v) is 6.39. The first-order valence-corrected chi connectivity index (χ1v) is 8.55. The van der Waals surface area contributed by atoms with E-state index in [1.54, 1.807) is 12.1 Å². The van der Waals surface area contributed by atoms with Gasteiger partial charge in [0.15, 0.2) is 0 Å². The summed E-state index contributed by atoms with van der Waals surface area (Å²) < 4.78 is 7.36. The van der Waals surface area contributed by atoms with Gasteiger partial charge < -0.3 is 15.6 Å². The Morgan fingerprint density at radius 3 is 2.76 bits per heavy atom. The third-order valence-corrected chi connectivity index (χ3v) is 4.63. The van der Waals surface area contributed by atoms with Crippen LogP contribution in [0.4, 0.5) is 5.69 Å². The number of phenolic OH excluding ortho intramolecular Hbond substituents is 1. The zero-order valence-corrected chi connectivity index (χ0v) is 14.1. The number of morpholine rings is 1. The highest BCUT2D eigenvalue weighted by atomic mass is 16.5. The molecule has 1 aromatic heterocycles. The SMILES string of the molecule is Nc1cc2cn(CCN3CCOCC3)nc2cc1-c1cccc(O)c1. The first kappa shape index (κ1) is 15.9. The normalized spacial score (nSPS) is 15.7. The quantitative estimate of drug-likeness (QED) is 0.714. The van der Waals surface area contributed by atoms with Crippen LogP contribution in [0.3, 0.4) is 0 Å². The van der Waals surface area contributed by atoms with Gasteiger partial charge in [-0.1, -0.05) is 12.1 Å². The molecule has 0 unspecified atom stereocenters. The van der Waals surface area contributed by atoms with Gasteiger partial charge in [0.25, 0.3) is 0 Å². The molecule has 3 N–H and O–H groups in total. The van der Waals surface area contributed by atoms with Gasteiger partial charge in [0.2, 0.25) is 0 Å². The van der Waals surface area contributed by atoms with E-state index in [2.05, 4.69) is 10.00 Å². The standard InChI is InChI=1S/C19H22N4O2/c20-18-11-15-13-23(5-4-22-6-8-25-9-7-22)21-19(15)12-17(18)14-2-1-3-16(24)10-14/h1-3,10-13,24H,4-9,20H2. The monoisotopic (exact) mass is 338 g/mol. The Bertz CT molecular complexity index is 884. The Morgan fingerprint density at radius 1 is 1.12 bits per heavy atom. The zero-order chi connectivity index (χ0) is 17.2. The predicted molar refractivity (Wildman–Crippen MR) is 98.5 cm³/mol. The Labute approximate surface area is 146 Å². The van der Waals surface area contributed by atoms with E-state index in [-0.39, 0.29) is 5.75 Å². The number of nitrogen functional groups attached to an aromatic ring is 1. The molecule has 6 nitrogen and oxygen atoms in total. The number of hydrogen-bond donors (Lipinski definition) is 2. The minimum absolute atomic E-state index is 0.230. The van der Waals surface area contributed by atoms with Crippen LogP contribution >= 0.6 is 0 Å². The van der Waals surface area contributed by atoms with Crippen molar-refractivity contribution >= 4 is 16.6 Å². The maximum absolute atomic E-state index is 9.70. The van der Waals surface area contributed by atoms with Crippen LogP contribution in [0.15, 0.2) is 42.6 Å². The Kier molecular flexibility index (Phi) is 4.29. The molecule has 0 amide bonds. The fraction of sp³-hybridized carbons (Fsp3) is 0.316. The van der Waals surface area contributed by atoms with Crippen LogP contribution in [-0.4, -0.2) is 52.6 Å². The van der Waals surface area contributed by atoms with Crippen molar-refractivity contribution in [2.75, 3.05) is 38.6 Å². The molecular weight excluding hydrogens is 316 g/mol. The summed E-state index contributed by atoms with van der Waals surface area (Å²) in [7, 11) is 0. The van der Waals surface area contributed by atoms with Crippen LogP contribution in [0.5, 0.6) is 5.75 Å². The average Bonchev–Trinajstić information content (AvgIpc) is 3.02. The lowest BCUT2D eigenvalue weighted by atomic mass is 10.0. The van der Waals surface area contributed by atoms with Crippen molar-refractivity contribution in [1.82, 2.24) is 14.7 Å². The van der Waals surface area contributed by atoms with Crippen LogP contribution in [0.2, 0.25) is 0 Å². The molecule has 0 atom stereocenters. The molecule has 1 saturated heterocycles. The summed E-state index contributed by atoms with van der Waals surface area (Å²) in [5.41, 5.74) is 9.61. The molecule has 3 aromatic rings. The lowest BCUT2D eigenvalue weighted by Crippen LogP contribution is -2.38. The summed E-state index contributed by atoms with van der Waals surface area (Å²) in [6.07, 6.45) is 2.04. The number of aromatic hydroxyl groups is 1. The molecule has 6 heteroatoms. The summed E-state index contributed by atoms with van der Waals surface area (Å²) >= 11 is 0. The number of fused-ring (bicyclic) bond motifs is 1. The fourth-order valence-corrected chi connectivity index (χ4v) is 3.25. The summed E-state index contributed by atoms with van der Waals surface area (Å²) in [4.78, 5) is 2.39. The first-order valence-electron chi connectivity index (χ1n) is 8.55. The van der Waals surface area contributed by atoms with Gasteiger partial charge in [-0.2, -0.15) is 5.10 Å². The number of phenols is 1. The van der Waals surface area contributed by atoms with Gasteiger partial charge in [0.1, 0.15) is 5.75 Å². The van der Waals surface area contributed by atoms with Gasteiger partial charge in [-0.3, -0.25) is 9.58 Å². The smallest absolute Gasteiger partial charge is 0.116 e. The summed E-state index contributed by atoms with van der Waals surface area (Å²) in [5.74, 6) is 0.230. The third kappa shape index (κ3) is 3.45. The second-order valence-electron chi connectivity index (χ2n) is 6.39. The van der Waals surface area contributed by atoms with Gasteiger partial charge in [0.05, 0.1) is 25.3 Å². The lowest BCUT2D eigenvalue weighted by Gasteiger charge is -2.26. The average molecular weight is 338 g/mol. The number of anilines is 1. The molecule has 130 valence electrons. The number of aromatic nitrogens is 2. The van der Waals surface area contributed by atoms with Gasteiger partial charge in [-0.15, -0.1) is 0 Å². The highest BCUT2D eigenvalue weighted by Crippen LogP contribution is 2.31. The minimum atomic E-state index is 0.230. The van der Waals surface area contributed by atoms with Crippen molar-refractivity contribution in [3.63, 3.8) is 0 Å². The van der Waals surface area contributed by atoms with E-state index in [9.17, 15) is 5.11 Å². The molecule has 0 spiro atoms. The van der Waals surface area contributed by atoms with E-state index >= 15 is 0 Å². The topological polar surface area (TPSA) is 76.5 Å². The Hall–Kier alpha value is -2.57. The van der Waals surface area contributed by atoms with Gasteiger partial charge in [-0.25, -0.2) is 0 Å². The summed E-state index contributed by atoms with van der Waals surface area (Å²) in [6.45, 7) is 5.39. The summed E-state index contributed by atoms with van der Waals surface area (Å²) in [5, 5.41) is 15.4. The Balaban J connectivity index is 1.58. The molecular formula is C19H22N4O2. The van der Waals surface area contributed by atoms with Crippen molar-refractivity contribution < 1.29 is 9.84 Å². The molecule has 1 fully saturated rings. The predicted octanol–water partition coefficient (Wildman–Crippen LogP) is 2.32. The largest absolute Gasteiger partial charge is 0.508 e. The fourth-order valence-electron chi connectivity index (χ4n) is 3.25. The molecule has 25 heavy (non-hydrogen) atoms. The lowest BCUT2D eigenvalue weighted by molar-refractivity contribution is 0.0360. The van der Waals surface area contributed by atoms with Crippen LogP contribution in [0, 0.1) is 0 Å². The molecule has 1 aliphatic rings. The van der Waals surface area contributed by atoms with Crippen molar-refractivity contribution in [3.05, 3.63) is 42.6 Å². The minimum Gasteiger partial charge on any atom is -0.508 e. The molecule has 4 rings (SSSR count). The van der Waals surface area contributed by atoms with Crippen LogP contribution in [-0.2, 0) is 11.3 Å². The van der Waals surface area contributed by atoms with Crippen molar-refractivity contribution in [3.8, 4) is 16.9 Å². The van der Waals surface area contributed by atoms with E-state index < -0.39 is 0 Å². The van der Waals surface area contributed by atoms with E-state index in [1.165, 1.54) is 0 Å². The number of rotatable bonds is 4. The van der Waals surface area contributed by atoms with Gasteiger partial charge in [0, 0.05) is 42.5 Å². The number of nitrogens with zero attached hydrogens (tertiary/aromatic N) is 3. The molecule has 0 bridgehead atoms. The molecule has 2 heterocycles. The molecule has 0 aliphatic carbocycles. The first-order chi connectivity index (χ1) is 12.2. The molecule has 1 aliphatic heterocycles. The summed E-state index contributed by atoms with van der Waals surface area (Å²) in [6, 6.07) is 11.1. The van der Waals surface area contributed by atoms with Crippen LogP contribution in [0.1, 0.15) is 0 Å². The van der Waals surface area contributed by atoms with E-state index in [0.29, 0.717) is 5.69 Å². The van der Waals surface area contributed by atoms with E-state index in [0.717, 1.165) is 61.4 Å². The molecule has 0 saturated carbocycles. The van der Waals surface area contributed by atoms with Gasteiger partial charge >= 0.3 is 0 Å². The number of benzene rings is 2. The molecule has 0 radical (unpaired) electrons. The van der Waals surface area contributed by atoms with Crippen LogP contribution in [0.25, 0.3) is 22.0 Å². The maximum Gasteiger partial charge on any atom is 0.116 e. The van der Waals surface area contributed by atoms with Crippen molar-refractivity contribution in [1.29, 1.82) is 0 Å². The number of ether oxygens (including phenoxy) is 1. The number of hydrogen-bond acceptors (Lipinski definition) is 5. The zero-order valence-electron chi connectivity index (χ0n) is 14.1. The van der Waals surface area contributed by atoms with Gasteiger partial charge in [-0.05, 0) is 29.8 Å². The van der Waals surface area contributed by atoms with E-state index in [1.807, 2.05) is 35.1 Å². The highest BCUT2D eigenvalue weighted by molar-refractivity contribution is 5.91. The van der Waals surface area contributed by atoms with Crippen LogP contribution < -0.4 is 5.73 Å². The van der Waals surface area contributed by atoms with Crippen molar-refractivity contribution in [2.24, 2.45) is 0 Å². The number of nitrogens with two attached hydrogens (primary N) is 1. The molecule has 2 aromatic carbocycles. The third-order valence-electron chi connectivity index (χ3n) is 4.63. The maximum atomic E-state index is 9.70. The van der Waals surface area contributed by atoms with E-state index in [4.69, 9.17) is 10.5 Å².